The topological polar surface area (TPSA) is 43.8 Å². The Kier molecular flexibility index (Phi) is 3.21. The van der Waals surface area contributed by atoms with Gasteiger partial charge in [-0.25, -0.2) is 4.39 Å². The highest BCUT2D eigenvalue weighted by Gasteiger charge is 2.07. The molecule has 0 amide bonds. The van der Waals surface area contributed by atoms with E-state index in [4.69, 9.17) is 5.73 Å². The molecule has 0 aliphatic rings. The van der Waals surface area contributed by atoms with Gasteiger partial charge in [-0.05, 0) is 11.6 Å². The summed E-state index contributed by atoms with van der Waals surface area (Å²) in [6.45, 7) is 0.365. The second-order valence-electron chi connectivity index (χ2n) is 4.61. The van der Waals surface area contributed by atoms with Gasteiger partial charge in [-0.3, -0.25) is 4.68 Å². The van der Waals surface area contributed by atoms with Crippen molar-refractivity contribution in [1.29, 1.82) is 0 Å². The largest absolute Gasteiger partial charge is 0.396 e. The van der Waals surface area contributed by atoms with Crippen LogP contribution in [0.15, 0.2) is 60.9 Å². The molecule has 3 rings (SSSR count). The van der Waals surface area contributed by atoms with Crippen molar-refractivity contribution in [2.24, 2.45) is 0 Å². The summed E-state index contributed by atoms with van der Waals surface area (Å²) in [6.07, 6.45) is 3.68. The summed E-state index contributed by atoms with van der Waals surface area (Å²) in [5.41, 5.74) is 8.36. The van der Waals surface area contributed by atoms with E-state index < -0.39 is 0 Å². The molecule has 1 aromatic heterocycles. The molecule has 100 valence electrons. The summed E-state index contributed by atoms with van der Waals surface area (Å²) in [5, 5.41) is 4.27. The first kappa shape index (κ1) is 12.4. The third-order valence-electron chi connectivity index (χ3n) is 3.18. The Morgan fingerprint density at radius 2 is 1.80 bits per heavy atom. The average Bonchev–Trinajstić information content (AvgIpc) is 2.93. The normalized spacial score (nSPS) is 10.7. The number of anilines is 1. The van der Waals surface area contributed by atoms with Crippen LogP contribution in [0, 0.1) is 5.82 Å². The van der Waals surface area contributed by atoms with E-state index in [1.165, 1.54) is 0 Å². The van der Waals surface area contributed by atoms with Crippen molar-refractivity contribution in [3.63, 3.8) is 0 Å². The first-order valence-corrected chi connectivity index (χ1v) is 6.35. The molecule has 0 saturated carbocycles. The summed E-state index contributed by atoms with van der Waals surface area (Å²) in [4.78, 5) is 0. The van der Waals surface area contributed by atoms with Crippen LogP contribution in [0.1, 0.15) is 5.56 Å². The van der Waals surface area contributed by atoms with Gasteiger partial charge in [0.1, 0.15) is 0 Å². The summed E-state index contributed by atoms with van der Waals surface area (Å²) < 4.78 is 15.6. The van der Waals surface area contributed by atoms with Crippen LogP contribution < -0.4 is 5.73 Å². The molecule has 0 fully saturated rings. The van der Waals surface area contributed by atoms with E-state index in [2.05, 4.69) is 5.10 Å². The Morgan fingerprint density at radius 1 is 1.00 bits per heavy atom. The van der Waals surface area contributed by atoms with Gasteiger partial charge in [-0.2, -0.15) is 5.10 Å². The van der Waals surface area contributed by atoms with E-state index in [1.54, 1.807) is 29.1 Å². The second-order valence-corrected chi connectivity index (χ2v) is 4.61. The van der Waals surface area contributed by atoms with Gasteiger partial charge < -0.3 is 5.73 Å². The van der Waals surface area contributed by atoms with Crippen molar-refractivity contribution in [3.05, 3.63) is 72.3 Å². The lowest BCUT2D eigenvalue weighted by Crippen LogP contribution is -2.04. The van der Waals surface area contributed by atoms with E-state index >= 15 is 0 Å². The molecule has 0 aliphatic carbocycles. The average molecular weight is 267 g/mol. The lowest BCUT2D eigenvalue weighted by molar-refractivity contribution is 0.589. The van der Waals surface area contributed by atoms with Gasteiger partial charge >= 0.3 is 0 Å². The zero-order valence-corrected chi connectivity index (χ0v) is 10.8. The van der Waals surface area contributed by atoms with Crippen LogP contribution >= 0.6 is 0 Å². The molecule has 2 aromatic carbocycles. The predicted octanol–water partition coefficient (Wildman–Crippen LogP) is 3.32. The fraction of sp³-hybridized carbons (Fsp3) is 0.0625. The van der Waals surface area contributed by atoms with Gasteiger partial charge in [0.25, 0.3) is 0 Å². The standard InChI is InChI=1S/C16H14FN3/c17-16-13(7-4-8-15(16)18)10-20-11-14(9-19-20)12-5-2-1-3-6-12/h1-9,11H,10,18H2. The number of nitrogen functional groups attached to an aromatic ring is 1. The van der Waals surface area contributed by atoms with Crippen molar-refractivity contribution in [1.82, 2.24) is 9.78 Å². The monoisotopic (exact) mass is 267 g/mol. The van der Waals surface area contributed by atoms with Crippen LogP contribution in [0.4, 0.5) is 10.1 Å². The molecular formula is C16H14FN3. The first-order valence-electron chi connectivity index (χ1n) is 6.35. The van der Waals surface area contributed by atoms with E-state index in [-0.39, 0.29) is 11.5 Å². The van der Waals surface area contributed by atoms with Crippen LogP contribution in [0.25, 0.3) is 11.1 Å². The number of aromatic nitrogens is 2. The Balaban J connectivity index is 1.86. The number of nitrogens with two attached hydrogens (primary N) is 1. The molecule has 0 radical (unpaired) electrons. The predicted molar refractivity (Wildman–Crippen MR) is 77.6 cm³/mol. The third kappa shape index (κ3) is 2.40. The molecule has 1 heterocycles. The van der Waals surface area contributed by atoms with Gasteiger partial charge in [0.15, 0.2) is 5.82 Å². The smallest absolute Gasteiger partial charge is 0.151 e. The summed E-state index contributed by atoms with van der Waals surface area (Å²) >= 11 is 0. The van der Waals surface area contributed by atoms with Gasteiger partial charge in [0.2, 0.25) is 0 Å². The van der Waals surface area contributed by atoms with E-state index in [9.17, 15) is 4.39 Å². The highest BCUT2D eigenvalue weighted by molar-refractivity contribution is 5.61. The second kappa shape index (κ2) is 5.17. The molecule has 3 nitrogen and oxygen atoms in total. The summed E-state index contributed by atoms with van der Waals surface area (Å²) in [6, 6.07) is 15.0. The van der Waals surface area contributed by atoms with Crippen molar-refractivity contribution in [3.8, 4) is 11.1 Å². The summed E-state index contributed by atoms with van der Waals surface area (Å²) in [5.74, 6) is -0.371. The molecule has 20 heavy (non-hydrogen) atoms. The maximum absolute atomic E-state index is 13.9. The third-order valence-corrected chi connectivity index (χ3v) is 3.18. The fourth-order valence-corrected chi connectivity index (χ4v) is 2.13. The van der Waals surface area contributed by atoms with Gasteiger partial charge in [0.05, 0.1) is 18.4 Å². The van der Waals surface area contributed by atoms with Crippen LogP contribution in [-0.4, -0.2) is 9.78 Å². The van der Waals surface area contributed by atoms with Crippen molar-refractivity contribution >= 4 is 5.69 Å². The van der Waals surface area contributed by atoms with Gasteiger partial charge in [-0.1, -0.05) is 42.5 Å². The quantitative estimate of drug-likeness (QED) is 0.740. The molecule has 0 aliphatic heterocycles. The Morgan fingerprint density at radius 3 is 2.60 bits per heavy atom. The number of rotatable bonds is 3. The number of benzene rings is 2. The number of nitrogens with zero attached hydrogens (tertiary/aromatic N) is 2. The Labute approximate surface area is 116 Å². The maximum Gasteiger partial charge on any atom is 0.151 e. The zero-order chi connectivity index (χ0) is 13.9. The molecule has 0 atom stereocenters. The van der Waals surface area contributed by atoms with Gasteiger partial charge in [-0.15, -0.1) is 0 Å². The van der Waals surface area contributed by atoms with Gasteiger partial charge in [0, 0.05) is 17.3 Å². The minimum absolute atomic E-state index is 0.165. The van der Waals surface area contributed by atoms with Crippen molar-refractivity contribution < 1.29 is 4.39 Å². The molecule has 3 aromatic rings. The zero-order valence-electron chi connectivity index (χ0n) is 10.8. The van der Waals surface area contributed by atoms with Crippen molar-refractivity contribution in [2.45, 2.75) is 6.54 Å². The number of hydrogen-bond donors (Lipinski definition) is 1. The Bertz CT molecular complexity index is 720. The van der Waals surface area contributed by atoms with Crippen LogP contribution in [-0.2, 0) is 6.54 Å². The SMILES string of the molecule is Nc1cccc(Cn2cc(-c3ccccc3)cn2)c1F. The molecular weight excluding hydrogens is 253 g/mol. The molecule has 4 heteroatoms. The van der Waals surface area contributed by atoms with E-state index in [0.29, 0.717) is 12.1 Å². The Hall–Kier alpha value is -2.62. The van der Waals surface area contributed by atoms with Crippen molar-refractivity contribution in [2.75, 3.05) is 5.73 Å². The molecule has 0 unspecified atom stereocenters. The lowest BCUT2D eigenvalue weighted by atomic mass is 10.1. The van der Waals surface area contributed by atoms with E-state index in [1.807, 2.05) is 36.5 Å². The summed E-state index contributed by atoms with van der Waals surface area (Å²) in [7, 11) is 0. The molecule has 0 saturated heterocycles. The first-order chi connectivity index (χ1) is 9.74. The lowest BCUT2D eigenvalue weighted by Gasteiger charge is -2.05. The van der Waals surface area contributed by atoms with Crippen LogP contribution in [0.3, 0.4) is 0 Å². The number of hydrogen-bond acceptors (Lipinski definition) is 2. The molecule has 2 N–H and O–H groups in total. The maximum atomic E-state index is 13.9. The number of halogens is 1. The van der Waals surface area contributed by atoms with Crippen LogP contribution in [0.2, 0.25) is 0 Å². The minimum Gasteiger partial charge on any atom is -0.396 e. The van der Waals surface area contributed by atoms with Crippen LogP contribution in [0.5, 0.6) is 0 Å². The minimum atomic E-state index is -0.371. The fourth-order valence-electron chi connectivity index (χ4n) is 2.13. The molecule has 0 spiro atoms. The molecule has 0 bridgehead atoms. The highest BCUT2D eigenvalue weighted by Crippen LogP contribution is 2.19. The van der Waals surface area contributed by atoms with E-state index in [0.717, 1.165) is 11.1 Å². The highest BCUT2D eigenvalue weighted by atomic mass is 19.1.